The molecule has 1 heteroatoms. The quantitative estimate of drug-likeness (QED) is 0.169. The standard InChI is InChI=1S/C51H34O/c52-49(31-25-27-39-37-17-5-11-23-45(37)50(47(39)29-31)41-19-7-1-13-33(41)34-14-2-8-20-42(34)50)32-26-28-40-38-18-6-12-24-46(38)51(48(40)30-32)43-21-9-3-15-35(43)36-16-4-10-22-44(36)51/h1-27,29-30,37,40,45H,28H2. The molecule has 0 heterocycles. The van der Waals surface area contributed by atoms with Crippen molar-refractivity contribution in [2.45, 2.75) is 29.1 Å². The molecule has 3 unspecified atom stereocenters. The number of fused-ring (bicyclic) bond motifs is 20. The maximum Gasteiger partial charge on any atom is 0.192 e. The summed E-state index contributed by atoms with van der Waals surface area (Å²) in [6.45, 7) is 0. The highest BCUT2D eigenvalue weighted by molar-refractivity contribution is 6.11. The third kappa shape index (κ3) is 3.25. The van der Waals surface area contributed by atoms with E-state index in [1.54, 1.807) is 0 Å². The molecular formula is C51H34O. The minimum absolute atomic E-state index is 0.107. The van der Waals surface area contributed by atoms with E-state index < -0.39 is 5.41 Å². The van der Waals surface area contributed by atoms with Crippen molar-refractivity contribution in [3.63, 3.8) is 0 Å². The number of ketones is 1. The lowest BCUT2D eigenvalue weighted by molar-refractivity contribution is 0.103. The lowest BCUT2D eigenvalue weighted by atomic mass is 9.65. The van der Waals surface area contributed by atoms with Crippen LogP contribution in [0, 0.1) is 5.92 Å². The minimum atomic E-state index is -0.415. The molecule has 52 heavy (non-hydrogen) atoms. The van der Waals surface area contributed by atoms with Crippen molar-refractivity contribution in [2.24, 2.45) is 5.92 Å². The molecule has 6 aliphatic carbocycles. The van der Waals surface area contributed by atoms with Crippen LogP contribution >= 0.6 is 0 Å². The number of allylic oxidation sites excluding steroid dienone is 8. The average Bonchev–Trinajstić information content (AvgIpc) is 3.89. The molecule has 0 aliphatic heterocycles. The molecule has 3 atom stereocenters. The van der Waals surface area contributed by atoms with Gasteiger partial charge in [0.15, 0.2) is 5.78 Å². The van der Waals surface area contributed by atoms with E-state index in [0.29, 0.717) is 0 Å². The zero-order valence-electron chi connectivity index (χ0n) is 28.6. The summed E-state index contributed by atoms with van der Waals surface area (Å²) in [6, 6.07) is 51.3. The maximum absolute atomic E-state index is 15.0. The second-order valence-corrected chi connectivity index (χ2v) is 15.3. The van der Waals surface area contributed by atoms with Crippen LogP contribution in [-0.4, -0.2) is 5.78 Å². The molecule has 0 saturated heterocycles. The summed E-state index contributed by atoms with van der Waals surface area (Å²) in [6.07, 6.45) is 14.5. The molecule has 0 saturated carbocycles. The van der Waals surface area contributed by atoms with Gasteiger partial charge in [-0.1, -0.05) is 164 Å². The van der Waals surface area contributed by atoms with Crippen LogP contribution in [-0.2, 0) is 10.8 Å². The van der Waals surface area contributed by atoms with Crippen LogP contribution in [0.4, 0.5) is 0 Å². The van der Waals surface area contributed by atoms with Crippen LogP contribution in [0.5, 0.6) is 0 Å². The first-order chi connectivity index (χ1) is 25.7. The van der Waals surface area contributed by atoms with Crippen LogP contribution in [0.1, 0.15) is 73.1 Å². The summed E-state index contributed by atoms with van der Waals surface area (Å²) in [7, 11) is 0. The Bertz CT molecular complexity index is 2620. The molecule has 1 nitrogen and oxygen atoms in total. The van der Waals surface area contributed by atoms with Crippen molar-refractivity contribution in [2.75, 3.05) is 0 Å². The van der Waals surface area contributed by atoms with Crippen molar-refractivity contribution in [3.05, 3.63) is 237 Å². The van der Waals surface area contributed by atoms with Crippen molar-refractivity contribution in [1.82, 2.24) is 0 Å². The number of Topliss-reactive ketones (excluding diaryl/α,β-unsaturated/α-hetero) is 1. The van der Waals surface area contributed by atoms with E-state index in [-0.39, 0.29) is 29.0 Å². The van der Waals surface area contributed by atoms with Crippen LogP contribution in [0.2, 0.25) is 0 Å². The Morgan fingerprint density at radius 2 is 1.10 bits per heavy atom. The Hall–Kier alpha value is -6.05. The highest BCUT2D eigenvalue weighted by Gasteiger charge is 2.58. The first kappa shape index (κ1) is 28.6. The minimum Gasteiger partial charge on any atom is -0.289 e. The molecule has 244 valence electrons. The lowest BCUT2D eigenvalue weighted by Gasteiger charge is -2.36. The van der Waals surface area contributed by atoms with Gasteiger partial charge in [-0.05, 0) is 90.9 Å². The molecule has 0 fully saturated rings. The van der Waals surface area contributed by atoms with Gasteiger partial charge in [-0.2, -0.15) is 0 Å². The van der Waals surface area contributed by atoms with E-state index in [2.05, 4.69) is 176 Å². The molecule has 6 aromatic rings. The Labute approximate surface area is 304 Å². The van der Waals surface area contributed by atoms with Gasteiger partial charge in [-0.3, -0.25) is 4.79 Å². The summed E-state index contributed by atoms with van der Waals surface area (Å²) >= 11 is 0. The van der Waals surface area contributed by atoms with E-state index in [1.807, 2.05) is 0 Å². The van der Waals surface area contributed by atoms with Crippen molar-refractivity contribution >= 4 is 5.78 Å². The zero-order valence-corrected chi connectivity index (χ0v) is 28.6. The van der Waals surface area contributed by atoms with Gasteiger partial charge in [0, 0.05) is 28.9 Å². The summed E-state index contributed by atoms with van der Waals surface area (Å²) in [5.74, 6) is 0.816. The predicted molar refractivity (Wildman–Crippen MR) is 209 cm³/mol. The largest absolute Gasteiger partial charge is 0.289 e. The Balaban J connectivity index is 1.04. The topological polar surface area (TPSA) is 17.1 Å². The number of hydrogen-bond acceptors (Lipinski definition) is 1. The van der Waals surface area contributed by atoms with Gasteiger partial charge >= 0.3 is 0 Å². The predicted octanol–water partition coefficient (Wildman–Crippen LogP) is 11.4. The highest BCUT2D eigenvalue weighted by Crippen LogP contribution is 2.67. The molecular weight excluding hydrogens is 629 g/mol. The summed E-state index contributed by atoms with van der Waals surface area (Å²) in [5.41, 5.74) is 18.0. The fourth-order valence-corrected chi connectivity index (χ4v) is 11.6. The smallest absolute Gasteiger partial charge is 0.192 e. The van der Waals surface area contributed by atoms with Gasteiger partial charge in [0.1, 0.15) is 0 Å². The van der Waals surface area contributed by atoms with Crippen LogP contribution in [0.15, 0.2) is 187 Å². The second kappa shape index (κ2) is 10.0. The van der Waals surface area contributed by atoms with Crippen LogP contribution < -0.4 is 0 Å². The van der Waals surface area contributed by atoms with Gasteiger partial charge < -0.3 is 0 Å². The zero-order chi connectivity index (χ0) is 34.2. The van der Waals surface area contributed by atoms with E-state index in [9.17, 15) is 0 Å². The molecule has 0 amide bonds. The number of benzene rings is 6. The van der Waals surface area contributed by atoms with Gasteiger partial charge in [0.05, 0.1) is 10.8 Å². The van der Waals surface area contributed by atoms with Crippen molar-refractivity contribution < 1.29 is 4.79 Å². The molecule has 2 spiro atoms. The highest BCUT2D eigenvalue weighted by atomic mass is 16.1. The SMILES string of the molecule is O=C(C1=CCC2C(=C1)C1(c3ccccc3-c3ccccc31)c1ccccc12)c1ccc2c(c1)C1(c3ccccc3-c3ccccc31)C1C=CC=CC21. The van der Waals surface area contributed by atoms with E-state index in [0.717, 1.165) is 17.6 Å². The second-order valence-electron chi connectivity index (χ2n) is 15.3. The molecule has 0 bridgehead atoms. The summed E-state index contributed by atoms with van der Waals surface area (Å²) < 4.78 is 0. The third-order valence-corrected chi connectivity index (χ3v) is 13.4. The fourth-order valence-electron chi connectivity index (χ4n) is 11.6. The normalized spacial score (nSPS) is 22.0. The Morgan fingerprint density at radius 1 is 0.538 bits per heavy atom. The lowest BCUT2D eigenvalue weighted by Crippen LogP contribution is -2.33. The molecule has 6 aliphatic rings. The van der Waals surface area contributed by atoms with E-state index in [4.69, 9.17) is 0 Å². The van der Waals surface area contributed by atoms with Crippen LogP contribution in [0.3, 0.4) is 0 Å². The number of rotatable bonds is 2. The molecule has 0 radical (unpaired) electrons. The summed E-state index contributed by atoms with van der Waals surface area (Å²) in [4.78, 5) is 15.0. The van der Waals surface area contributed by atoms with Crippen molar-refractivity contribution in [3.8, 4) is 22.3 Å². The van der Waals surface area contributed by atoms with Crippen LogP contribution in [0.25, 0.3) is 22.3 Å². The number of carbonyl (C=O) groups is 1. The first-order valence-corrected chi connectivity index (χ1v) is 18.7. The van der Waals surface area contributed by atoms with E-state index >= 15 is 4.79 Å². The molecule has 12 rings (SSSR count). The van der Waals surface area contributed by atoms with Gasteiger partial charge in [0.2, 0.25) is 0 Å². The third-order valence-electron chi connectivity index (χ3n) is 13.4. The molecule has 6 aromatic carbocycles. The molecule has 0 aromatic heterocycles. The Morgan fingerprint density at radius 3 is 1.77 bits per heavy atom. The molecule has 0 N–H and O–H groups in total. The summed E-state index contributed by atoms with van der Waals surface area (Å²) in [5, 5.41) is 0. The first-order valence-electron chi connectivity index (χ1n) is 18.7. The van der Waals surface area contributed by atoms with E-state index in [1.165, 1.54) is 72.3 Å². The fraction of sp³-hybridized carbons (Fsp3) is 0.118. The average molecular weight is 663 g/mol. The maximum atomic E-state index is 15.0. The monoisotopic (exact) mass is 662 g/mol. The number of carbonyl (C=O) groups excluding carboxylic acids is 1. The Kier molecular flexibility index (Phi) is 5.53. The van der Waals surface area contributed by atoms with Gasteiger partial charge in [-0.15, -0.1) is 0 Å². The van der Waals surface area contributed by atoms with Gasteiger partial charge in [-0.25, -0.2) is 0 Å². The van der Waals surface area contributed by atoms with Crippen molar-refractivity contribution in [1.29, 1.82) is 0 Å². The number of hydrogen-bond donors (Lipinski definition) is 0. The van der Waals surface area contributed by atoms with Gasteiger partial charge in [0.25, 0.3) is 0 Å².